The smallest absolute Gasteiger partial charge is 0.0919 e. The summed E-state index contributed by atoms with van der Waals surface area (Å²) in [4.78, 5) is 0. The van der Waals surface area contributed by atoms with Crippen LogP contribution in [0.15, 0.2) is 53.0 Å². The van der Waals surface area contributed by atoms with Gasteiger partial charge in [-0.25, -0.2) is 0 Å². The molecular weight excluding hydrogens is 438 g/mol. The Morgan fingerprint density at radius 2 is 1.95 bits per heavy atom. The molecule has 0 saturated carbocycles. The van der Waals surface area contributed by atoms with E-state index in [1.165, 1.54) is 5.56 Å². The molecule has 0 radical (unpaired) electrons. The molecule has 0 saturated heterocycles. The van der Waals surface area contributed by atoms with Gasteiger partial charge in [0.05, 0.1) is 12.7 Å². The first-order valence-corrected chi connectivity index (χ1v) is 8.56. The molecule has 0 aliphatic heterocycles. The number of rotatable bonds is 5. The van der Waals surface area contributed by atoms with Crippen LogP contribution in [0.4, 0.5) is 0 Å². The first-order valence-electron chi connectivity index (χ1n) is 5.86. The summed E-state index contributed by atoms with van der Waals surface area (Å²) in [5.74, 6) is 0. The van der Waals surface area contributed by atoms with Crippen molar-refractivity contribution in [2.45, 2.75) is 12.7 Å². The topological polar surface area (TPSA) is 9.23 Å². The molecule has 0 aromatic heterocycles. The zero-order valence-electron chi connectivity index (χ0n) is 10.2. The highest BCUT2D eigenvalue weighted by Gasteiger charge is 2.11. The maximum atomic E-state index is 5.99. The van der Waals surface area contributed by atoms with Gasteiger partial charge in [0.1, 0.15) is 0 Å². The number of halogens is 3. The van der Waals surface area contributed by atoms with Crippen molar-refractivity contribution in [1.82, 2.24) is 0 Å². The van der Waals surface area contributed by atoms with Gasteiger partial charge in [-0.15, -0.1) is 0 Å². The number of benzene rings is 2. The van der Waals surface area contributed by atoms with Crippen LogP contribution in [0.25, 0.3) is 0 Å². The Bertz CT molecular complexity index is 547. The zero-order valence-corrected chi connectivity index (χ0v) is 14.7. The van der Waals surface area contributed by atoms with Crippen LogP contribution in [0, 0.1) is 0 Å². The number of ether oxygens (including phenoxy) is 1. The molecular formula is C15H13BrClIO. The molecule has 1 atom stereocenters. The molecule has 0 heterocycles. The van der Waals surface area contributed by atoms with Gasteiger partial charge in [-0.2, -0.15) is 0 Å². The van der Waals surface area contributed by atoms with Crippen molar-refractivity contribution < 1.29 is 4.74 Å². The van der Waals surface area contributed by atoms with Crippen LogP contribution in [0.2, 0.25) is 5.02 Å². The van der Waals surface area contributed by atoms with Crippen molar-refractivity contribution in [3.05, 3.63) is 69.2 Å². The summed E-state index contributed by atoms with van der Waals surface area (Å²) in [6.45, 7) is 0.570. The van der Waals surface area contributed by atoms with E-state index in [1.54, 1.807) is 0 Å². The van der Waals surface area contributed by atoms with Gasteiger partial charge in [-0.05, 0) is 35.4 Å². The molecule has 100 valence electrons. The highest BCUT2D eigenvalue weighted by molar-refractivity contribution is 14.1. The Balaban J connectivity index is 2.04. The second-order valence-electron chi connectivity index (χ2n) is 4.14. The van der Waals surface area contributed by atoms with Crippen LogP contribution >= 0.6 is 50.1 Å². The molecule has 1 nitrogen and oxygen atoms in total. The fraction of sp³-hybridized carbons (Fsp3) is 0.200. The molecule has 0 aliphatic rings. The molecule has 0 amide bonds. The molecule has 19 heavy (non-hydrogen) atoms. The van der Waals surface area contributed by atoms with E-state index in [-0.39, 0.29) is 6.10 Å². The molecule has 0 fully saturated rings. The fourth-order valence-corrected chi connectivity index (χ4v) is 3.15. The van der Waals surface area contributed by atoms with Crippen molar-refractivity contribution >= 4 is 50.1 Å². The quantitative estimate of drug-likeness (QED) is 0.413. The minimum atomic E-state index is 0.0945. The Kier molecular flexibility index (Phi) is 6.13. The Hall–Kier alpha value is -0.100. The monoisotopic (exact) mass is 450 g/mol. The van der Waals surface area contributed by atoms with Crippen molar-refractivity contribution in [3.63, 3.8) is 0 Å². The minimum Gasteiger partial charge on any atom is -0.368 e. The van der Waals surface area contributed by atoms with Crippen LogP contribution in [-0.4, -0.2) is 4.43 Å². The predicted molar refractivity (Wildman–Crippen MR) is 92.0 cm³/mol. The van der Waals surface area contributed by atoms with E-state index in [2.05, 4.69) is 50.7 Å². The average molecular weight is 452 g/mol. The van der Waals surface area contributed by atoms with Crippen LogP contribution in [-0.2, 0) is 11.3 Å². The largest absolute Gasteiger partial charge is 0.368 e. The number of hydrogen-bond acceptors (Lipinski definition) is 1. The normalized spacial score (nSPS) is 12.4. The second kappa shape index (κ2) is 7.62. The van der Waals surface area contributed by atoms with Crippen LogP contribution < -0.4 is 0 Å². The first-order chi connectivity index (χ1) is 9.19. The average Bonchev–Trinajstić information content (AvgIpc) is 2.40. The van der Waals surface area contributed by atoms with Crippen LogP contribution in [0.5, 0.6) is 0 Å². The Morgan fingerprint density at radius 1 is 1.16 bits per heavy atom. The molecule has 1 unspecified atom stereocenters. The molecule has 2 aromatic carbocycles. The lowest BCUT2D eigenvalue weighted by atomic mass is 10.1. The van der Waals surface area contributed by atoms with E-state index in [4.69, 9.17) is 16.3 Å². The third-order valence-corrected chi connectivity index (χ3v) is 4.23. The lowest BCUT2D eigenvalue weighted by Gasteiger charge is -2.16. The minimum absolute atomic E-state index is 0.0945. The Labute approximate surface area is 140 Å². The molecule has 0 bridgehead atoms. The van der Waals surface area contributed by atoms with E-state index in [0.29, 0.717) is 6.61 Å². The molecule has 0 aliphatic carbocycles. The van der Waals surface area contributed by atoms with Crippen LogP contribution in [0.1, 0.15) is 17.2 Å². The zero-order chi connectivity index (χ0) is 13.7. The van der Waals surface area contributed by atoms with Crippen molar-refractivity contribution in [2.75, 3.05) is 4.43 Å². The van der Waals surface area contributed by atoms with Crippen molar-refractivity contribution in [1.29, 1.82) is 0 Å². The summed E-state index contributed by atoms with van der Waals surface area (Å²) in [7, 11) is 0. The van der Waals surface area contributed by atoms with Gasteiger partial charge >= 0.3 is 0 Å². The summed E-state index contributed by atoms with van der Waals surface area (Å²) in [5, 5.41) is 0.745. The lowest BCUT2D eigenvalue weighted by molar-refractivity contribution is 0.0577. The first kappa shape index (κ1) is 15.3. The third kappa shape index (κ3) is 4.74. The predicted octanol–water partition coefficient (Wildman–Crippen LogP) is 5.80. The van der Waals surface area contributed by atoms with Gasteiger partial charge in [0, 0.05) is 13.9 Å². The van der Waals surface area contributed by atoms with E-state index in [9.17, 15) is 0 Å². The number of hydrogen-bond donors (Lipinski definition) is 0. The molecule has 2 rings (SSSR count). The Morgan fingerprint density at radius 3 is 2.63 bits per heavy atom. The van der Waals surface area contributed by atoms with E-state index < -0.39 is 0 Å². The summed E-state index contributed by atoms with van der Waals surface area (Å²) < 4.78 is 7.97. The van der Waals surface area contributed by atoms with Crippen molar-refractivity contribution in [3.8, 4) is 0 Å². The maximum Gasteiger partial charge on any atom is 0.0919 e. The highest BCUT2D eigenvalue weighted by Crippen LogP contribution is 2.24. The third-order valence-electron chi connectivity index (χ3n) is 2.70. The van der Waals surface area contributed by atoms with E-state index in [0.717, 1.165) is 19.5 Å². The van der Waals surface area contributed by atoms with Gasteiger partial charge in [-0.1, -0.05) is 74.4 Å². The lowest BCUT2D eigenvalue weighted by Crippen LogP contribution is -2.06. The van der Waals surface area contributed by atoms with Gasteiger partial charge in [-0.3, -0.25) is 0 Å². The van der Waals surface area contributed by atoms with Gasteiger partial charge in [0.2, 0.25) is 0 Å². The van der Waals surface area contributed by atoms with E-state index >= 15 is 0 Å². The molecule has 2 aromatic rings. The second-order valence-corrected chi connectivity index (χ2v) is 6.37. The van der Waals surface area contributed by atoms with Gasteiger partial charge < -0.3 is 4.74 Å². The maximum absolute atomic E-state index is 5.99. The summed E-state index contributed by atoms with van der Waals surface area (Å²) in [5.41, 5.74) is 2.28. The van der Waals surface area contributed by atoms with Gasteiger partial charge in [0.25, 0.3) is 0 Å². The standard InChI is InChI=1S/C15H13BrClIO/c16-13-5-2-4-12(8-13)15(9-18)19-10-11-3-1-6-14(17)7-11/h1-8,15H,9-10H2. The van der Waals surface area contributed by atoms with Crippen molar-refractivity contribution in [2.24, 2.45) is 0 Å². The van der Waals surface area contributed by atoms with E-state index in [1.807, 2.05) is 36.4 Å². The molecule has 0 spiro atoms. The summed E-state index contributed by atoms with van der Waals surface area (Å²) in [6.07, 6.45) is 0.0945. The summed E-state index contributed by atoms with van der Waals surface area (Å²) in [6, 6.07) is 16.0. The molecule has 0 N–H and O–H groups in total. The number of alkyl halides is 1. The summed E-state index contributed by atoms with van der Waals surface area (Å²) >= 11 is 11.8. The van der Waals surface area contributed by atoms with Gasteiger partial charge in [0.15, 0.2) is 0 Å². The fourth-order valence-electron chi connectivity index (χ4n) is 1.76. The SMILES string of the molecule is Clc1cccc(COC(CI)c2cccc(Br)c2)c1. The molecule has 4 heteroatoms. The highest BCUT2D eigenvalue weighted by atomic mass is 127. The van der Waals surface area contributed by atoms with Crippen LogP contribution in [0.3, 0.4) is 0 Å².